The van der Waals surface area contributed by atoms with E-state index >= 15 is 0 Å². The quantitative estimate of drug-likeness (QED) is 0.913. The second kappa shape index (κ2) is 5.85. The summed E-state index contributed by atoms with van der Waals surface area (Å²) in [5.41, 5.74) is 6.81. The summed E-state index contributed by atoms with van der Waals surface area (Å²) < 4.78 is 0.991. The zero-order chi connectivity index (χ0) is 13.1. The van der Waals surface area contributed by atoms with E-state index in [0.29, 0.717) is 0 Å². The van der Waals surface area contributed by atoms with Gasteiger partial charge in [0.2, 0.25) is 5.91 Å². The molecular formula is C14H19BrN2O. The van der Waals surface area contributed by atoms with Crippen LogP contribution in [0, 0.1) is 5.92 Å². The Hall–Kier alpha value is -0.870. The van der Waals surface area contributed by atoms with Gasteiger partial charge in [0.05, 0.1) is 0 Å². The number of halogens is 1. The predicted molar refractivity (Wildman–Crippen MR) is 77.5 cm³/mol. The number of rotatable bonds is 2. The van der Waals surface area contributed by atoms with Crippen molar-refractivity contribution >= 4 is 27.5 Å². The number of amides is 1. The molecule has 0 aromatic heterocycles. The standard InChI is InChI=1S/C14H19BrN2O/c1-17(13-4-2-3-11(15)9-13)14(18)10-5-7-12(16)8-6-10/h2-4,9-10,12H,5-8,16H2,1H3. The third-order valence-corrected chi connectivity index (χ3v) is 4.14. The van der Waals surface area contributed by atoms with Crippen LogP contribution < -0.4 is 10.6 Å². The molecule has 1 aromatic rings. The maximum absolute atomic E-state index is 12.4. The fourth-order valence-corrected chi connectivity index (χ4v) is 2.84. The summed E-state index contributed by atoms with van der Waals surface area (Å²) in [7, 11) is 1.85. The van der Waals surface area contributed by atoms with Gasteiger partial charge in [-0.1, -0.05) is 22.0 Å². The molecule has 0 unspecified atom stereocenters. The summed E-state index contributed by atoms with van der Waals surface area (Å²) in [4.78, 5) is 14.1. The van der Waals surface area contributed by atoms with Crippen LogP contribution in [0.5, 0.6) is 0 Å². The van der Waals surface area contributed by atoms with Crippen LogP contribution in [0.3, 0.4) is 0 Å². The summed E-state index contributed by atoms with van der Waals surface area (Å²) in [6.45, 7) is 0. The van der Waals surface area contributed by atoms with Crippen LogP contribution in [0.2, 0.25) is 0 Å². The van der Waals surface area contributed by atoms with Crippen molar-refractivity contribution in [1.29, 1.82) is 0 Å². The molecule has 4 heteroatoms. The highest BCUT2D eigenvalue weighted by molar-refractivity contribution is 9.10. The molecule has 0 heterocycles. The summed E-state index contributed by atoms with van der Waals surface area (Å²) in [5.74, 6) is 0.341. The Labute approximate surface area is 116 Å². The number of nitrogens with zero attached hydrogens (tertiary/aromatic N) is 1. The monoisotopic (exact) mass is 310 g/mol. The highest BCUT2D eigenvalue weighted by Crippen LogP contribution is 2.27. The van der Waals surface area contributed by atoms with Crippen LogP contribution in [0.1, 0.15) is 25.7 Å². The second-order valence-electron chi connectivity index (χ2n) is 4.99. The lowest BCUT2D eigenvalue weighted by molar-refractivity contribution is -0.123. The van der Waals surface area contributed by atoms with E-state index in [4.69, 9.17) is 5.73 Å². The van der Waals surface area contributed by atoms with Crippen molar-refractivity contribution in [2.75, 3.05) is 11.9 Å². The van der Waals surface area contributed by atoms with E-state index in [-0.39, 0.29) is 17.9 Å². The first-order valence-electron chi connectivity index (χ1n) is 6.36. The van der Waals surface area contributed by atoms with Crippen molar-refractivity contribution in [2.24, 2.45) is 11.7 Å². The topological polar surface area (TPSA) is 46.3 Å². The van der Waals surface area contributed by atoms with E-state index < -0.39 is 0 Å². The molecule has 1 amide bonds. The molecule has 0 bridgehead atoms. The normalized spacial score (nSPS) is 23.7. The Morgan fingerprint density at radius 3 is 2.61 bits per heavy atom. The minimum Gasteiger partial charge on any atom is -0.328 e. The molecule has 1 aromatic carbocycles. The van der Waals surface area contributed by atoms with E-state index in [0.717, 1.165) is 35.8 Å². The average molecular weight is 311 g/mol. The first kappa shape index (κ1) is 13.6. The zero-order valence-corrected chi connectivity index (χ0v) is 12.2. The lowest BCUT2D eigenvalue weighted by Gasteiger charge is -2.29. The Morgan fingerprint density at radius 1 is 1.33 bits per heavy atom. The van der Waals surface area contributed by atoms with Gasteiger partial charge in [0, 0.05) is 29.2 Å². The summed E-state index contributed by atoms with van der Waals surface area (Å²) in [6.07, 6.45) is 3.75. The molecule has 1 aliphatic carbocycles. The minimum atomic E-state index is 0.133. The van der Waals surface area contributed by atoms with Crippen LogP contribution in [0.4, 0.5) is 5.69 Å². The van der Waals surface area contributed by atoms with E-state index in [1.54, 1.807) is 4.90 Å². The molecule has 98 valence electrons. The largest absolute Gasteiger partial charge is 0.328 e. The van der Waals surface area contributed by atoms with Crippen molar-refractivity contribution in [3.63, 3.8) is 0 Å². The summed E-state index contributed by atoms with van der Waals surface area (Å²) in [6, 6.07) is 8.11. The number of carbonyl (C=O) groups excluding carboxylic acids is 1. The molecular weight excluding hydrogens is 292 g/mol. The van der Waals surface area contributed by atoms with Gasteiger partial charge in [0.1, 0.15) is 0 Å². The highest BCUT2D eigenvalue weighted by Gasteiger charge is 2.27. The molecule has 18 heavy (non-hydrogen) atoms. The molecule has 0 spiro atoms. The second-order valence-corrected chi connectivity index (χ2v) is 5.90. The molecule has 0 saturated heterocycles. The number of nitrogens with two attached hydrogens (primary N) is 1. The molecule has 1 aliphatic rings. The summed E-state index contributed by atoms with van der Waals surface area (Å²) in [5, 5.41) is 0. The Bertz CT molecular complexity index is 428. The Kier molecular flexibility index (Phi) is 4.40. The van der Waals surface area contributed by atoms with Crippen molar-refractivity contribution < 1.29 is 4.79 Å². The lowest BCUT2D eigenvalue weighted by atomic mass is 9.85. The molecule has 2 N–H and O–H groups in total. The summed E-state index contributed by atoms with van der Waals surface area (Å²) >= 11 is 3.43. The van der Waals surface area contributed by atoms with E-state index in [1.807, 2.05) is 31.3 Å². The molecule has 0 aliphatic heterocycles. The Balaban J connectivity index is 2.04. The van der Waals surface area contributed by atoms with E-state index in [9.17, 15) is 4.79 Å². The number of benzene rings is 1. The smallest absolute Gasteiger partial charge is 0.229 e. The van der Waals surface area contributed by atoms with Crippen LogP contribution >= 0.6 is 15.9 Å². The molecule has 2 rings (SSSR count). The van der Waals surface area contributed by atoms with Crippen molar-refractivity contribution in [3.8, 4) is 0 Å². The van der Waals surface area contributed by atoms with Crippen LogP contribution in [0.25, 0.3) is 0 Å². The highest BCUT2D eigenvalue weighted by atomic mass is 79.9. The number of carbonyl (C=O) groups is 1. The molecule has 3 nitrogen and oxygen atoms in total. The third kappa shape index (κ3) is 3.12. The van der Waals surface area contributed by atoms with Gasteiger partial charge in [-0.05, 0) is 43.9 Å². The molecule has 0 atom stereocenters. The minimum absolute atomic E-state index is 0.133. The SMILES string of the molecule is CN(C(=O)C1CCC(N)CC1)c1cccc(Br)c1. The maximum Gasteiger partial charge on any atom is 0.229 e. The molecule has 0 radical (unpaired) electrons. The Morgan fingerprint density at radius 2 is 2.00 bits per heavy atom. The van der Waals surface area contributed by atoms with Crippen molar-refractivity contribution in [2.45, 2.75) is 31.7 Å². The number of anilines is 1. The average Bonchev–Trinajstić information content (AvgIpc) is 2.38. The zero-order valence-electron chi connectivity index (χ0n) is 10.6. The lowest BCUT2D eigenvalue weighted by Crippen LogP contribution is -2.37. The fraction of sp³-hybridized carbons (Fsp3) is 0.500. The van der Waals surface area contributed by atoms with Gasteiger partial charge in [-0.15, -0.1) is 0 Å². The molecule has 1 fully saturated rings. The van der Waals surface area contributed by atoms with Gasteiger partial charge >= 0.3 is 0 Å². The third-order valence-electron chi connectivity index (χ3n) is 3.65. The maximum atomic E-state index is 12.4. The van der Waals surface area contributed by atoms with Gasteiger partial charge in [0.25, 0.3) is 0 Å². The predicted octanol–water partition coefficient (Wildman–Crippen LogP) is 2.93. The van der Waals surface area contributed by atoms with E-state index in [1.165, 1.54) is 0 Å². The van der Waals surface area contributed by atoms with Crippen LogP contribution in [-0.4, -0.2) is 19.0 Å². The number of hydrogen-bond acceptors (Lipinski definition) is 2. The van der Waals surface area contributed by atoms with Gasteiger partial charge in [-0.25, -0.2) is 0 Å². The first-order valence-corrected chi connectivity index (χ1v) is 7.16. The first-order chi connectivity index (χ1) is 8.58. The fourth-order valence-electron chi connectivity index (χ4n) is 2.45. The van der Waals surface area contributed by atoms with Crippen LogP contribution in [-0.2, 0) is 4.79 Å². The number of hydrogen-bond donors (Lipinski definition) is 1. The van der Waals surface area contributed by atoms with Gasteiger partial charge in [-0.2, -0.15) is 0 Å². The van der Waals surface area contributed by atoms with Crippen LogP contribution in [0.15, 0.2) is 28.7 Å². The van der Waals surface area contributed by atoms with E-state index in [2.05, 4.69) is 15.9 Å². The molecule has 1 saturated carbocycles. The van der Waals surface area contributed by atoms with Gasteiger partial charge in [-0.3, -0.25) is 4.79 Å². The van der Waals surface area contributed by atoms with Gasteiger partial charge in [0.15, 0.2) is 0 Å². The van der Waals surface area contributed by atoms with Crippen molar-refractivity contribution in [1.82, 2.24) is 0 Å². The van der Waals surface area contributed by atoms with Gasteiger partial charge < -0.3 is 10.6 Å². The van der Waals surface area contributed by atoms with Crippen molar-refractivity contribution in [3.05, 3.63) is 28.7 Å².